The predicted octanol–water partition coefficient (Wildman–Crippen LogP) is 2.33. The Labute approximate surface area is 134 Å². The summed E-state index contributed by atoms with van der Waals surface area (Å²) in [4.78, 5) is 10.9. The van der Waals surface area contributed by atoms with Crippen molar-refractivity contribution in [2.45, 2.75) is 18.4 Å². The van der Waals surface area contributed by atoms with Gasteiger partial charge in [-0.05, 0) is 31.2 Å². The fraction of sp³-hybridized carbons (Fsp3) is 0.500. The van der Waals surface area contributed by atoms with Crippen LogP contribution in [0.25, 0.3) is 10.9 Å². The molecule has 2 aromatic rings. The molecule has 0 radical (unpaired) electrons. The molecular formula is C16H21N3O2S. The Morgan fingerprint density at radius 2 is 2.00 bits per heavy atom. The van der Waals surface area contributed by atoms with Gasteiger partial charge in [0, 0.05) is 42.3 Å². The van der Waals surface area contributed by atoms with Crippen molar-refractivity contribution in [1.29, 1.82) is 0 Å². The molecule has 1 saturated heterocycles. The van der Waals surface area contributed by atoms with Crippen LogP contribution in [0.15, 0.2) is 24.5 Å². The van der Waals surface area contributed by atoms with Crippen molar-refractivity contribution in [3.05, 3.63) is 24.5 Å². The highest BCUT2D eigenvalue weighted by Gasteiger charge is 2.32. The Kier molecular flexibility index (Phi) is 4.40. The summed E-state index contributed by atoms with van der Waals surface area (Å²) in [7, 11) is 1.61. The summed E-state index contributed by atoms with van der Waals surface area (Å²) in [5, 5.41) is 11.6. The van der Waals surface area contributed by atoms with Crippen LogP contribution in [0.2, 0.25) is 0 Å². The molecule has 1 N–H and O–H groups in total. The first-order chi connectivity index (χ1) is 10.7. The molecule has 2 aromatic heterocycles. The van der Waals surface area contributed by atoms with E-state index in [9.17, 15) is 5.11 Å². The van der Waals surface area contributed by atoms with Gasteiger partial charge in [-0.25, -0.2) is 4.98 Å². The molecule has 1 aliphatic heterocycles. The molecule has 0 saturated carbocycles. The highest BCUT2D eigenvalue weighted by Crippen LogP contribution is 2.33. The van der Waals surface area contributed by atoms with Gasteiger partial charge in [0.1, 0.15) is 5.52 Å². The third-order valence-electron chi connectivity index (χ3n) is 4.24. The number of hydrogen-bond acceptors (Lipinski definition) is 6. The summed E-state index contributed by atoms with van der Waals surface area (Å²) < 4.78 is 5.30. The fourth-order valence-electron chi connectivity index (χ4n) is 3.04. The van der Waals surface area contributed by atoms with E-state index in [1.165, 1.54) is 0 Å². The van der Waals surface area contributed by atoms with Gasteiger partial charge in [-0.15, -0.1) is 0 Å². The molecule has 0 aromatic carbocycles. The standard InChI is InChI=1S/C16H21N3O2S/c1-21-15-14-12(3-7-18-15)13(4-8-17-14)19-9-5-16(20,6-10-19)11-22-2/h3-4,7-8,20H,5-6,9-11H2,1-2H3. The van der Waals surface area contributed by atoms with E-state index < -0.39 is 5.60 Å². The number of piperidine rings is 1. The minimum absolute atomic E-state index is 0.530. The van der Waals surface area contributed by atoms with Gasteiger partial charge in [-0.3, -0.25) is 4.98 Å². The number of ether oxygens (including phenoxy) is 1. The van der Waals surface area contributed by atoms with Crippen molar-refractivity contribution in [2.24, 2.45) is 0 Å². The first-order valence-corrected chi connectivity index (χ1v) is 8.80. The average Bonchev–Trinajstić information content (AvgIpc) is 2.54. The number of methoxy groups -OCH3 is 1. The van der Waals surface area contributed by atoms with E-state index in [0.29, 0.717) is 5.88 Å². The third kappa shape index (κ3) is 2.85. The highest BCUT2D eigenvalue weighted by molar-refractivity contribution is 7.98. The zero-order valence-corrected chi connectivity index (χ0v) is 13.8. The van der Waals surface area contributed by atoms with Crippen LogP contribution < -0.4 is 9.64 Å². The Bertz CT molecular complexity index is 657. The number of thioether (sulfide) groups is 1. The number of aliphatic hydroxyl groups is 1. The number of rotatable bonds is 4. The molecule has 1 aliphatic rings. The molecule has 0 aliphatic carbocycles. The molecule has 1 fully saturated rings. The molecule has 0 unspecified atom stereocenters. The van der Waals surface area contributed by atoms with Gasteiger partial charge in [0.2, 0.25) is 5.88 Å². The molecule has 22 heavy (non-hydrogen) atoms. The normalized spacial score (nSPS) is 17.7. The number of hydrogen-bond donors (Lipinski definition) is 1. The number of fused-ring (bicyclic) bond motifs is 1. The second kappa shape index (κ2) is 6.30. The van der Waals surface area contributed by atoms with E-state index in [-0.39, 0.29) is 0 Å². The van der Waals surface area contributed by atoms with Gasteiger partial charge in [0.15, 0.2) is 0 Å². The Hall–Kier alpha value is -1.53. The summed E-state index contributed by atoms with van der Waals surface area (Å²) in [5.74, 6) is 1.35. The average molecular weight is 319 g/mol. The molecule has 0 atom stereocenters. The maximum absolute atomic E-state index is 10.5. The smallest absolute Gasteiger partial charge is 0.240 e. The van der Waals surface area contributed by atoms with Crippen molar-refractivity contribution in [2.75, 3.05) is 37.1 Å². The minimum Gasteiger partial charge on any atom is -0.479 e. The lowest BCUT2D eigenvalue weighted by Crippen LogP contribution is -2.46. The van der Waals surface area contributed by atoms with Crippen molar-refractivity contribution >= 4 is 28.4 Å². The van der Waals surface area contributed by atoms with Crippen LogP contribution in [-0.4, -0.2) is 52.9 Å². The highest BCUT2D eigenvalue weighted by atomic mass is 32.2. The zero-order chi connectivity index (χ0) is 15.6. The fourth-order valence-corrected chi connectivity index (χ4v) is 3.87. The first kappa shape index (κ1) is 15.4. The molecule has 5 nitrogen and oxygen atoms in total. The van der Waals surface area contributed by atoms with Gasteiger partial charge >= 0.3 is 0 Å². The van der Waals surface area contributed by atoms with E-state index in [4.69, 9.17) is 4.74 Å². The molecule has 0 spiro atoms. The molecular weight excluding hydrogens is 298 g/mol. The van der Waals surface area contributed by atoms with Gasteiger partial charge in [-0.2, -0.15) is 11.8 Å². The van der Waals surface area contributed by atoms with Gasteiger partial charge < -0.3 is 14.7 Å². The van der Waals surface area contributed by atoms with Crippen LogP contribution in [0.3, 0.4) is 0 Å². The van der Waals surface area contributed by atoms with Crippen LogP contribution in [0.1, 0.15) is 12.8 Å². The molecule has 118 valence electrons. The number of aromatic nitrogens is 2. The summed E-state index contributed by atoms with van der Waals surface area (Å²) >= 11 is 1.71. The summed E-state index contributed by atoms with van der Waals surface area (Å²) in [6.45, 7) is 1.70. The number of nitrogens with zero attached hydrogens (tertiary/aromatic N) is 3. The van der Waals surface area contributed by atoms with Crippen LogP contribution in [0.4, 0.5) is 5.69 Å². The topological polar surface area (TPSA) is 58.5 Å². The van der Waals surface area contributed by atoms with E-state index in [1.54, 1.807) is 31.3 Å². The van der Waals surface area contributed by atoms with Crippen LogP contribution >= 0.6 is 11.8 Å². The van der Waals surface area contributed by atoms with Gasteiger partial charge in [-0.1, -0.05) is 0 Å². The summed E-state index contributed by atoms with van der Waals surface area (Å²) in [5.41, 5.74) is 1.39. The van der Waals surface area contributed by atoms with Crippen molar-refractivity contribution in [3.63, 3.8) is 0 Å². The number of anilines is 1. The summed E-state index contributed by atoms with van der Waals surface area (Å²) in [6.07, 6.45) is 7.17. The molecule has 6 heteroatoms. The second-order valence-electron chi connectivity index (χ2n) is 5.69. The van der Waals surface area contributed by atoms with E-state index in [2.05, 4.69) is 14.9 Å². The van der Waals surface area contributed by atoms with Crippen molar-refractivity contribution in [1.82, 2.24) is 9.97 Å². The Morgan fingerprint density at radius 3 is 2.68 bits per heavy atom. The summed E-state index contributed by atoms with van der Waals surface area (Å²) in [6, 6.07) is 4.00. The quantitative estimate of drug-likeness (QED) is 0.933. The van der Waals surface area contributed by atoms with Crippen LogP contribution in [0, 0.1) is 0 Å². The Balaban J connectivity index is 1.89. The predicted molar refractivity (Wildman–Crippen MR) is 90.9 cm³/mol. The molecule has 3 rings (SSSR count). The zero-order valence-electron chi connectivity index (χ0n) is 13.0. The SMILES string of the molecule is COc1nccc2c(N3CCC(O)(CSC)CC3)ccnc12. The van der Waals surface area contributed by atoms with Gasteiger partial charge in [0.25, 0.3) is 0 Å². The first-order valence-electron chi connectivity index (χ1n) is 7.41. The van der Waals surface area contributed by atoms with Gasteiger partial charge in [0.05, 0.1) is 12.7 Å². The lowest BCUT2D eigenvalue weighted by atomic mass is 9.93. The monoisotopic (exact) mass is 319 g/mol. The largest absolute Gasteiger partial charge is 0.479 e. The third-order valence-corrected chi connectivity index (χ3v) is 5.07. The van der Waals surface area contributed by atoms with Crippen LogP contribution in [0.5, 0.6) is 5.88 Å². The molecule has 0 bridgehead atoms. The van der Waals surface area contributed by atoms with Crippen molar-refractivity contribution < 1.29 is 9.84 Å². The maximum Gasteiger partial charge on any atom is 0.240 e. The van der Waals surface area contributed by atoms with Crippen LogP contribution in [-0.2, 0) is 0 Å². The van der Waals surface area contributed by atoms with Crippen molar-refractivity contribution in [3.8, 4) is 5.88 Å². The number of pyridine rings is 2. The second-order valence-corrected chi connectivity index (χ2v) is 6.56. The van der Waals surface area contributed by atoms with E-state index in [1.807, 2.05) is 18.4 Å². The Morgan fingerprint density at radius 1 is 1.27 bits per heavy atom. The van der Waals surface area contributed by atoms with E-state index >= 15 is 0 Å². The molecule has 3 heterocycles. The van der Waals surface area contributed by atoms with E-state index in [0.717, 1.165) is 48.3 Å². The maximum atomic E-state index is 10.5. The lowest BCUT2D eigenvalue weighted by molar-refractivity contribution is 0.0401. The minimum atomic E-state index is -0.530. The lowest BCUT2D eigenvalue weighted by Gasteiger charge is -2.39. The molecule has 0 amide bonds.